The van der Waals surface area contributed by atoms with Gasteiger partial charge in [0.05, 0.1) is 4.99 Å². The van der Waals surface area contributed by atoms with Gasteiger partial charge in [-0.25, -0.2) is 8.78 Å². The van der Waals surface area contributed by atoms with E-state index < -0.39 is 23.1 Å². The van der Waals surface area contributed by atoms with Crippen LogP contribution in [0.25, 0.3) is 0 Å². The predicted octanol–water partition coefficient (Wildman–Crippen LogP) is 2.46. The highest BCUT2D eigenvalue weighted by molar-refractivity contribution is 7.80. The van der Waals surface area contributed by atoms with Gasteiger partial charge in [-0.1, -0.05) is 24.7 Å². The number of carbonyl (C=O) groups excluding carboxylic acids is 1. The molecule has 2 rings (SSSR count). The van der Waals surface area contributed by atoms with Crippen molar-refractivity contribution in [2.75, 3.05) is 0 Å². The number of benzene rings is 1. The Morgan fingerprint density at radius 3 is 2.75 bits per heavy atom. The molecule has 1 fully saturated rings. The molecule has 20 heavy (non-hydrogen) atoms. The van der Waals surface area contributed by atoms with Crippen molar-refractivity contribution in [3.63, 3.8) is 0 Å². The van der Waals surface area contributed by atoms with Gasteiger partial charge in [-0.3, -0.25) is 4.79 Å². The predicted molar refractivity (Wildman–Crippen MR) is 76.5 cm³/mol. The molecule has 1 aliphatic rings. The summed E-state index contributed by atoms with van der Waals surface area (Å²) in [5.74, 6) is -2.55. The quantitative estimate of drug-likeness (QED) is 0.843. The average Bonchev–Trinajstić information content (AvgIpc) is 2.82. The maximum absolute atomic E-state index is 13.9. The van der Waals surface area contributed by atoms with Crippen LogP contribution in [0.1, 0.15) is 35.2 Å². The van der Waals surface area contributed by atoms with Gasteiger partial charge in [0.2, 0.25) is 0 Å². The third kappa shape index (κ3) is 2.80. The maximum atomic E-state index is 13.9. The number of nitrogens with two attached hydrogens (primary N) is 1. The molecule has 3 nitrogen and oxygen atoms in total. The lowest BCUT2D eigenvalue weighted by molar-refractivity contribution is 0.0925. The topological polar surface area (TPSA) is 55.1 Å². The molecule has 1 aliphatic carbocycles. The Bertz CT molecular complexity index is 562. The van der Waals surface area contributed by atoms with Gasteiger partial charge in [0.1, 0.15) is 17.2 Å². The van der Waals surface area contributed by atoms with Crippen LogP contribution in [0, 0.1) is 24.5 Å². The SMILES string of the molecule is Cc1ccc(F)c(C(=O)NC2CCCC2C(N)=S)c1F. The molecule has 0 saturated heterocycles. The van der Waals surface area contributed by atoms with Crippen molar-refractivity contribution < 1.29 is 13.6 Å². The molecular formula is C14H16F2N2OS. The summed E-state index contributed by atoms with van der Waals surface area (Å²) in [6, 6.07) is 2.14. The molecule has 0 bridgehead atoms. The summed E-state index contributed by atoms with van der Waals surface area (Å²) < 4.78 is 27.6. The van der Waals surface area contributed by atoms with Gasteiger partial charge >= 0.3 is 0 Å². The zero-order valence-electron chi connectivity index (χ0n) is 11.1. The molecule has 0 aromatic heterocycles. The second kappa shape index (κ2) is 5.83. The van der Waals surface area contributed by atoms with E-state index in [2.05, 4.69) is 5.32 Å². The largest absolute Gasteiger partial charge is 0.393 e. The third-order valence-electron chi connectivity index (χ3n) is 3.71. The molecule has 0 heterocycles. The molecule has 1 saturated carbocycles. The van der Waals surface area contributed by atoms with Gasteiger partial charge in [0, 0.05) is 12.0 Å². The van der Waals surface area contributed by atoms with Gasteiger partial charge in [-0.2, -0.15) is 0 Å². The van der Waals surface area contributed by atoms with Crippen LogP contribution in [0.5, 0.6) is 0 Å². The highest BCUT2D eigenvalue weighted by Gasteiger charge is 2.32. The fourth-order valence-electron chi connectivity index (χ4n) is 2.58. The summed E-state index contributed by atoms with van der Waals surface area (Å²) in [5, 5.41) is 2.65. The Kier molecular flexibility index (Phi) is 4.32. The monoisotopic (exact) mass is 298 g/mol. The lowest BCUT2D eigenvalue weighted by Gasteiger charge is -2.20. The van der Waals surface area contributed by atoms with Crippen LogP contribution in [0.2, 0.25) is 0 Å². The Balaban J connectivity index is 2.21. The number of halogens is 2. The number of rotatable bonds is 3. The second-order valence-corrected chi connectivity index (χ2v) is 5.54. The van der Waals surface area contributed by atoms with Crippen LogP contribution in [0.3, 0.4) is 0 Å². The minimum absolute atomic E-state index is 0.107. The first-order valence-electron chi connectivity index (χ1n) is 6.46. The Morgan fingerprint density at radius 2 is 2.10 bits per heavy atom. The van der Waals surface area contributed by atoms with Gasteiger partial charge in [-0.05, 0) is 31.4 Å². The lowest BCUT2D eigenvalue weighted by Crippen LogP contribution is -2.42. The van der Waals surface area contributed by atoms with Gasteiger partial charge < -0.3 is 11.1 Å². The standard InChI is InChI=1S/C14H16F2N2OS/c1-7-5-6-9(15)11(12(7)16)14(19)18-10-4-2-3-8(10)13(17)20/h5-6,8,10H,2-4H2,1H3,(H2,17,20)(H,18,19). The molecule has 0 radical (unpaired) electrons. The normalized spacial score (nSPS) is 21.8. The molecule has 0 aliphatic heterocycles. The van der Waals surface area contributed by atoms with Crippen molar-refractivity contribution >= 4 is 23.1 Å². The Morgan fingerprint density at radius 1 is 1.40 bits per heavy atom. The van der Waals surface area contributed by atoms with E-state index in [4.69, 9.17) is 18.0 Å². The van der Waals surface area contributed by atoms with Crippen LogP contribution in [0.4, 0.5) is 8.78 Å². The Hall–Kier alpha value is -1.56. The van der Waals surface area contributed by atoms with Gasteiger partial charge in [-0.15, -0.1) is 0 Å². The fourth-order valence-corrected chi connectivity index (χ4v) is 2.86. The maximum Gasteiger partial charge on any atom is 0.257 e. The van der Waals surface area contributed by atoms with Crippen LogP contribution in [0.15, 0.2) is 12.1 Å². The first-order chi connectivity index (χ1) is 9.41. The van der Waals surface area contributed by atoms with Crippen LogP contribution in [-0.4, -0.2) is 16.9 Å². The van der Waals surface area contributed by atoms with E-state index >= 15 is 0 Å². The number of aryl methyl sites for hydroxylation is 1. The molecule has 6 heteroatoms. The molecule has 0 spiro atoms. The van der Waals surface area contributed by atoms with E-state index in [0.717, 1.165) is 18.9 Å². The molecule has 1 amide bonds. The van der Waals surface area contributed by atoms with Crippen LogP contribution < -0.4 is 11.1 Å². The minimum Gasteiger partial charge on any atom is -0.393 e. The molecular weight excluding hydrogens is 282 g/mol. The number of nitrogens with one attached hydrogen (secondary N) is 1. The third-order valence-corrected chi connectivity index (χ3v) is 4.01. The summed E-state index contributed by atoms with van der Waals surface area (Å²) in [5.41, 5.74) is 5.31. The number of amides is 1. The fraction of sp³-hybridized carbons (Fsp3) is 0.429. The minimum atomic E-state index is -0.865. The van der Waals surface area contributed by atoms with Crippen molar-refractivity contribution in [1.29, 1.82) is 0 Å². The number of hydrogen-bond acceptors (Lipinski definition) is 2. The van der Waals surface area contributed by atoms with E-state index in [1.165, 1.54) is 13.0 Å². The van der Waals surface area contributed by atoms with Crippen LogP contribution >= 0.6 is 12.2 Å². The highest BCUT2D eigenvalue weighted by atomic mass is 32.1. The number of thiocarbonyl (C=S) groups is 1. The van der Waals surface area contributed by atoms with Crippen molar-refractivity contribution in [1.82, 2.24) is 5.32 Å². The van der Waals surface area contributed by atoms with Gasteiger partial charge in [0.25, 0.3) is 5.91 Å². The second-order valence-electron chi connectivity index (χ2n) is 5.07. The van der Waals surface area contributed by atoms with Crippen LogP contribution in [-0.2, 0) is 0 Å². The zero-order chi connectivity index (χ0) is 14.9. The van der Waals surface area contributed by atoms with E-state index in [9.17, 15) is 13.6 Å². The van der Waals surface area contributed by atoms with Gasteiger partial charge in [0.15, 0.2) is 0 Å². The summed E-state index contributed by atoms with van der Waals surface area (Å²) in [6.07, 6.45) is 2.38. The molecule has 1 aromatic carbocycles. The first kappa shape index (κ1) is 14.8. The van der Waals surface area contributed by atoms with E-state index in [1.807, 2.05) is 0 Å². The molecule has 1 aromatic rings. The van der Waals surface area contributed by atoms with E-state index in [1.54, 1.807) is 0 Å². The zero-order valence-corrected chi connectivity index (χ0v) is 11.9. The summed E-state index contributed by atoms with van der Waals surface area (Å²) in [6.45, 7) is 1.49. The van der Waals surface area contributed by atoms with E-state index in [-0.39, 0.29) is 17.5 Å². The molecule has 3 N–H and O–H groups in total. The van der Waals surface area contributed by atoms with Crippen molar-refractivity contribution in [2.24, 2.45) is 11.7 Å². The van der Waals surface area contributed by atoms with E-state index in [0.29, 0.717) is 11.4 Å². The number of carbonyl (C=O) groups is 1. The molecule has 108 valence electrons. The first-order valence-corrected chi connectivity index (χ1v) is 6.87. The summed E-state index contributed by atoms with van der Waals surface area (Å²) in [4.78, 5) is 12.4. The number of hydrogen-bond donors (Lipinski definition) is 2. The summed E-state index contributed by atoms with van der Waals surface area (Å²) >= 11 is 4.95. The Labute approximate surface area is 121 Å². The van der Waals surface area contributed by atoms with Crippen molar-refractivity contribution in [2.45, 2.75) is 32.2 Å². The smallest absolute Gasteiger partial charge is 0.257 e. The van der Waals surface area contributed by atoms with Crippen molar-refractivity contribution in [3.8, 4) is 0 Å². The average molecular weight is 298 g/mol. The molecule has 2 atom stereocenters. The lowest BCUT2D eigenvalue weighted by atomic mass is 10.0. The highest BCUT2D eigenvalue weighted by Crippen LogP contribution is 2.26. The summed E-state index contributed by atoms with van der Waals surface area (Å²) in [7, 11) is 0. The van der Waals surface area contributed by atoms with Crippen molar-refractivity contribution in [3.05, 3.63) is 34.9 Å². The molecule has 2 unspecified atom stereocenters.